The summed E-state index contributed by atoms with van der Waals surface area (Å²) in [4.78, 5) is 26.1. The van der Waals surface area contributed by atoms with Gasteiger partial charge >= 0.3 is 5.97 Å². The lowest BCUT2D eigenvalue weighted by atomic mass is 9.89. The number of nitrogens with zero attached hydrogens (tertiary/aromatic N) is 1. The smallest absolute Gasteiger partial charge is 0.303 e. The normalized spacial score (nSPS) is 16.2. The molecule has 4 nitrogen and oxygen atoms in total. The maximum absolute atomic E-state index is 13.1. The Labute approximate surface area is 152 Å². The zero-order chi connectivity index (χ0) is 18.5. The van der Waals surface area contributed by atoms with E-state index < -0.39 is 12.1 Å². The maximum Gasteiger partial charge on any atom is 0.303 e. The molecule has 1 unspecified atom stereocenters. The van der Waals surface area contributed by atoms with Crippen molar-refractivity contribution in [1.29, 1.82) is 0 Å². The fourth-order valence-electron chi connectivity index (χ4n) is 3.39. The van der Waals surface area contributed by atoms with Crippen molar-refractivity contribution in [1.82, 2.24) is 4.90 Å². The van der Waals surface area contributed by atoms with Crippen molar-refractivity contribution >= 4 is 11.9 Å². The van der Waals surface area contributed by atoms with Gasteiger partial charge in [0.15, 0.2) is 0 Å². The summed E-state index contributed by atoms with van der Waals surface area (Å²) < 4.78 is 18.4. The summed E-state index contributed by atoms with van der Waals surface area (Å²) in [5.74, 6) is -0.602. The van der Waals surface area contributed by atoms with Crippen LogP contribution in [0.5, 0.6) is 0 Å². The molecule has 1 atom stereocenters. The minimum Gasteiger partial charge on any atom is -0.447 e. The average Bonchev–Trinajstić information content (AvgIpc) is 2.67. The molecule has 1 aliphatic rings. The molecular weight excluding hydrogens is 333 g/mol. The number of esters is 1. The first-order valence-electron chi connectivity index (χ1n) is 8.81. The summed E-state index contributed by atoms with van der Waals surface area (Å²) >= 11 is 0. The number of carbonyl (C=O) groups is 2. The van der Waals surface area contributed by atoms with Crippen molar-refractivity contribution in [3.05, 3.63) is 71.5 Å². The van der Waals surface area contributed by atoms with Gasteiger partial charge < -0.3 is 9.64 Å². The van der Waals surface area contributed by atoms with Gasteiger partial charge in [0.2, 0.25) is 6.10 Å². The van der Waals surface area contributed by atoms with Gasteiger partial charge in [-0.05, 0) is 36.5 Å². The number of benzene rings is 2. The van der Waals surface area contributed by atoms with Crippen molar-refractivity contribution < 1.29 is 18.7 Å². The Bertz CT molecular complexity index is 753. The zero-order valence-electron chi connectivity index (χ0n) is 14.7. The molecule has 3 rings (SSSR count). The molecule has 0 aliphatic carbocycles. The van der Waals surface area contributed by atoms with Crippen LogP contribution in [0.3, 0.4) is 0 Å². The molecule has 1 aliphatic heterocycles. The van der Waals surface area contributed by atoms with E-state index in [4.69, 9.17) is 4.74 Å². The van der Waals surface area contributed by atoms with Crippen molar-refractivity contribution in [2.45, 2.75) is 31.8 Å². The van der Waals surface area contributed by atoms with Gasteiger partial charge in [-0.15, -0.1) is 0 Å². The molecule has 0 saturated carbocycles. The molecule has 1 saturated heterocycles. The lowest BCUT2D eigenvalue weighted by Crippen LogP contribution is -2.41. The monoisotopic (exact) mass is 355 g/mol. The van der Waals surface area contributed by atoms with Gasteiger partial charge in [0.25, 0.3) is 5.91 Å². The van der Waals surface area contributed by atoms with E-state index in [1.807, 2.05) is 30.3 Å². The summed E-state index contributed by atoms with van der Waals surface area (Å²) in [6.45, 7) is 2.49. The van der Waals surface area contributed by atoms with Crippen LogP contribution in [0.2, 0.25) is 0 Å². The summed E-state index contributed by atoms with van der Waals surface area (Å²) in [6, 6.07) is 15.6. The molecule has 0 radical (unpaired) electrons. The van der Waals surface area contributed by atoms with Crippen LogP contribution in [0.1, 0.15) is 42.9 Å². The van der Waals surface area contributed by atoms with Gasteiger partial charge in [-0.3, -0.25) is 9.59 Å². The lowest BCUT2D eigenvalue weighted by Gasteiger charge is -2.34. The van der Waals surface area contributed by atoms with E-state index in [2.05, 4.69) is 0 Å². The zero-order valence-corrected chi connectivity index (χ0v) is 14.7. The van der Waals surface area contributed by atoms with E-state index >= 15 is 0 Å². The van der Waals surface area contributed by atoms with E-state index in [-0.39, 0.29) is 11.7 Å². The topological polar surface area (TPSA) is 46.6 Å². The van der Waals surface area contributed by atoms with Gasteiger partial charge in [0, 0.05) is 25.6 Å². The highest BCUT2D eigenvalue weighted by Crippen LogP contribution is 2.30. The minimum atomic E-state index is -0.906. The molecule has 0 bridgehead atoms. The third kappa shape index (κ3) is 4.28. The fraction of sp³-hybridized carbons (Fsp3) is 0.333. The standard InChI is InChI=1S/C21H22FNO3/c1-15(24)26-20(18-5-3-2-4-6-18)21(25)23-13-11-17(12-14-23)16-7-9-19(22)10-8-16/h2-10,17,20H,11-14H2,1H3. The van der Waals surface area contributed by atoms with Crippen LogP contribution in [-0.4, -0.2) is 29.9 Å². The maximum atomic E-state index is 13.1. The second kappa shape index (κ2) is 8.13. The molecule has 1 heterocycles. The molecule has 0 spiro atoms. The Morgan fingerprint density at radius 2 is 1.65 bits per heavy atom. The summed E-state index contributed by atoms with van der Waals surface area (Å²) in [7, 11) is 0. The molecular formula is C21H22FNO3. The second-order valence-corrected chi connectivity index (χ2v) is 6.55. The molecule has 0 N–H and O–H groups in total. The van der Waals surface area contributed by atoms with Gasteiger partial charge in [-0.2, -0.15) is 0 Å². The Kier molecular flexibility index (Phi) is 5.66. The molecule has 2 aromatic carbocycles. The first-order chi connectivity index (χ1) is 12.5. The van der Waals surface area contributed by atoms with Crippen LogP contribution in [0.15, 0.2) is 54.6 Å². The number of piperidine rings is 1. The van der Waals surface area contributed by atoms with E-state index in [0.29, 0.717) is 24.6 Å². The lowest BCUT2D eigenvalue weighted by molar-refractivity contribution is -0.159. The fourth-order valence-corrected chi connectivity index (χ4v) is 3.39. The number of hydrogen-bond acceptors (Lipinski definition) is 3. The predicted molar refractivity (Wildman–Crippen MR) is 95.9 cm³/mol. The third-order valence-electron chi connectivity index (χ3n) is 4.76. The highest BCUT2D eigenvalue weighted by Gasteiger charge is 2.31. The van der Waals surface area contributed by atoms with Crippen molar-refractivity contribution in [2.24, 2.45) is 0 Å². The molecule has 26 heavy (non-hydrogen) atoms. The molecule has 2 aromatic rings. The van der Waals surface area contributed by atoms with Crippen LogP contribution < -0.4 is 0 Å². The highest BCUT2D eigenvalue weighted by atomic mass is 19.1. The van der Waals surface area contributed by atoms with Gasteiger partial charge in [-0.1, -0.05) is 42.5 Å². The second-order valence-electron chi connectivity index (χ2n) is 6.55. The van der Waals surface area contributed by atoms with Crippen LogP contribution in [-0.2, 0) is 14.3 Å². The Morgan fingerprint density at radius 3 is 2.23 bits per heavy atom. The number of hydrogen-bond donors (Lipinski definition) is 0. The largest absolute Gasteiger partial charge is 0.447 e. The number of ether oxygens (including phenoxy) is 1. The van der Waals surface area contributed by atoms with E-state index in [9.17, 15) is 14.0 Å². The van der Waals surface area contributed by atoms with Crippen LogP contribution in [0.4, 0.5) is 4.39 Å². The summed E-state index contributed by atoms with van der Waals surface area (Å²) in [6.07, 6.45) is 0.703. The van der Waals surface area contributed by atoms with E-state index in [1.165, 1.54) is 19.1 Å². The molecule has 0 aromatic heterocycles. The van der Waals surface area contributed by atoms with E-state index in [0.717, 1.165) is 18.4 Å². The van der Waals surface area contributed by atoms with Gasteiger partial charge in [0.1, 0.15) is 5.82 Å². The van der Waals surface area contributed by atoms with Crippen LogP contribution >= 0.6 is 0 Å². The van der Waals surface area contributed by atoms with Gasteiger partial charge in [0.05, 0.1) is 0 Å². The Balaban J connectivity index is 1.67. The van der Waals surface area contributed by atoms with Crippen molar-refractivity contribution in [3.8, 4) is 0 Å². The Hall–Kier alpha value is -2.69. The van der Waals surface area contributed by atoms with Crippen LogP contribution in [0.25, 0.3) is 0 Å². The first kappa shape index (κ1) is 18.1. The van der Waals surface area contributed by atoms with E-state index in [1.54, 1.807) is 17.0 Å². The number of carbonyl (C=O) groups excluding carboxylic acids is 2. The van der Waals surface area contributed by atoms with Crippen LogP contribution in [0, 0.1) is 5.82 Å². The number of halogens is 1. The SMILES string of the molecule is CC(=O)OC(C(=O)N1CCC(c2ccc(F)cc2)CC1)c1ccccc1. The first-order valence-corrected chi connectivity index (χ1v) is 8.81. The quantitative estimate of drug-likeness (QED) is 0.783. The van der Waals surface area contributed by atoms with Crippen molar-refractivity contribution in [3.63, 3.8) is 0 Å². The summed E-state index contributed by atoms with van der Waals surface area (Å²) in [5, 5.41) is 0. The molecule has 5 heteroatoms. The third-order valence-corrected chi connectivity index (χ3v) is 4.76. The highest BCUT2D eigenvalue weighted by molar-refractivity contribution is 5.84. The van der Waals surface area contributed by atoms with Gasteiger partial charge in [-0.25, -0.2) is 4.39 Å². The summed E-state index contributed by atoms with van der Waals surface area (Å²) in [5.41, 5.74) is 1.77. The molecule has 1 fully saturated rings. The minimum absolute atomic E-state index is 0.191. The molecule has 136 valence electrons. The number of likely N-dealkylation sites (tertiary alicyclic amines) is 1. The average molecular weight is 355 g/mol. The Morgan fingerprint density at radius 1 is 1.04 bits per heavy atom. The molecule has 1 amide bonds. The number of amides is 1. The number of rotatable bonds is 4. The predicted octanol–water partition coefficient (Wildman–Crippen LogP) is 3.84. The van der Waals surface area contributed by atoms with Crippen molar-refractivity contribution in [2.75, 3.05) is 13.1 Å².